The highest BCUT2D eigenvalue weighted by Gasteiger charge is 2.53. The predicted molar refractivity (Wildman–Crippen MR) is 185 cm³/mol. The molecule has 1 aliphatic heterocycles. The molecule has 0 fully saturated rings. The first-order valence-electron chi connectivity index (χ1n) is 15.8. The van der Waals surface area contributed by atoms with Crippen LogP contribution in [-0.4, -0.2) is 54.9 Å². The number of nitrogens with zero attached hydrogens (tertiary/aromatic N) is 1. The average Bonchev–Trinajstić information content (AvgIpc) is 3.46. The maximum absolute atomic E-state index is 14.4. The van der Waals surface area contributed by atoms with Crippen molar-refractivity contribution in [3.8, 4) is 16.9 Å². The van der Waals surface area contributed by atoms with Crippen molar-refractivity contribution < 1.29 is 24.1 Å². The van der Waals surface area contributed by atoms with Crippen molar-refractivity contribution in [3.05, 3.63) is 124 Å². The monoisotopic (exact) mass is 684 g/mol. The molecule has 4 aromatic carbocycles. The topological polar surface area (TPSA) is 89.4 Å². The van der Waals surface area contributed by atoms with E-state index in [4.69, 9.17) is 24.3 Å². The molecule has 1 heterocycles. The lowest BCUT2D eigenvalue weighted by molar-refractivity contribution is -0.129. The first-order chi connectivity index (χ1) is 22.4. The molecule has 0 spiro atoms. The third kappa shape index (κ3) is 8.43. The van der Waals surface area contributed by atoms with Gasteiger partial charge in [0, 0.05) is 42.6 Å². The van der Waals surface area contributed by atoms with E-state index < -0.39 is 11.6 Å². The van der Waals surface area contributed by atoms with Gasteiger partial charge < -0.3 is 24.6 Å². The fourth-order valence-electron chi connectivity index (χ4n) is 5.42. The summed E-state index contributed by atoms with van der Waals surface area (Å²) in [5.74, 6) is 0.886. The van der Waals surface area contributed by atoms with E-state index in [-0.39, 0.29) is 18.6 Å². The van der Waals surface area contributed by atoms with Crippen LogP contribution in [0.25, 0.3) is 11.1 Å². The molecule has 7 nitrogen and oxygen atoms in total. The molecule has 0 radical (unpaired) electrons. The number of benzene rings is 4. The van der Waals surface area contributed by atoms with Gasteiger partial charge in [0.15, 0.2) is 11.6 Å². The molecule has 2 N–H and O–H groups in total. The molecule has 1 amide bonds. The third-order valence-electron chi connectivity index (χ3n) is 7.80. The maximum Gasteiger partial charge on any atom is 0.252 e. The number of amides is 1. The van der Waals surface area contributed by atoms with E-state index in [1.165, 1.54) is 0 Å². The smallest absolute Gasteiger partial charge is 0.252 e. The van der Waals surface area contributed by atoms with E-state index >= 15 is 0 Å². The van der Waals surface area contributed by atoms with Gasteiger partial charge in [-0.3, -0.25) is 4.79 Å². The van der Waals surface area contributed by atoms with Crippen molar-refractivity contribution in [1.82, 2.24) is 5.32 Å². The molecule has 1 aliphatic rings. The minimum absolute atomic E-state index is 0.0731. The maximum atomic E-state index is 14.4. The van der Waals surface area contributed by atoms with Crippen molar-refractivity contribution >= 4 is 27.7 Å². The Labute approximate surface area is 279 Å². The van der Waals surface area contributed by atoms with Gasteiger partial charge in [-0.2, -0.15) is 0 Å². The van der Waals surface area contributed by atoms with Crippen molar-refractivity contribution in [2.75, 3.05) is 26.4 Å². The van der Waals surface area contributed by atoms with E-state index in [2.05, 4.69) is 45.5 Å². The second kappa shape index (κ2) is 16.0. The summed E-state index contributed by atoms with van der Waals surface area (Å²) in [7, 11) is 0. The van der Waals surface area contributed by atoms with Crippen LogP contribution in [0.1, 0.15) is 49.5 Å². The number of rotatable bonds is 15. The molecule has 0 saturated heterocycles. The Morgan fingerprint density at radius 1 is 0.891 bits per heavy atom. The van der Waals surface area contributed by atoms with Crippen LogP contribution in [-0.2, 0) is 20.7 Å². The third-order valence-corrected chi connectivity index (χ3v) is 8.32. The van der Waals surface area contributed by atoms with Gasteiger partial charge in [-0.15, -0.1) is 0 Å². The molecule has 0 bridgehead atoms. The van der Waals surface area contributed by atoms with E-state index in [1.807, 2.05) is 92.7 Å². The largest absolute Gasteiger partial charge is 0.494 e. The van der Waals surface area contributed by atoms with Crippen LogP contribution < -0.4 is 10.1 Å². The van der Waals surface area contributed by atoms with Crippen LogP contribution >= 0.6 is 15.9 Å². The second-order valence-electron chi connectivity index (χ2n) is 11.6. The zero-order valence-electron chi connectivity index (χ0n) is 26.3. The quantitative estimate of drug-likeness (QED) is 0.128. The van der Waals surface area contributed by atoms with E-state index in [0.717, 1.165) is 32.3 Å². The highest BCUT2D eigenvalue weighted by Crippen LogP contribution is 2.43. The number of aliphatic hydroxyl groups excluding tert-OH is 1. The Hall–Kier alpha value is -3.98. The van der Waals surface area contributed by atoms with Crippen LogP contribution in [0.5, 0.6) is 5.75 Å². The van der Waals surface area contributed by atoms with Crippen molar-refractivity contribution in [3.63, 3.8) is 0 Å². The molecule has 0 aromatic heterocycles. The number of hydrogen-bond acceptors (Lipinski definition) is 6. The second-order valence-corrected chi connectivity index (χ2v) is 12.5. The molecule has 5 rings (SSSR count). The average molecular weight is 686 g/mol. The number of carbonyl (C=O) groups excluding carboxylic acids is 1. The lowest BCUT2D eigenvalue weighted by Crippen LogP contribution is -2.50. The Morgan fingerprint density at radius 2 is 1.57 bits per heavy atom. The molecular formula is C38H41BrN2O5. The molecule has 0 aliphatic carbocycles. The van der Waals surface area contributed by atoms with Gasteiger partial charge in [0.05, 0.1) is 12.7 Å². The Morgan fingerprint density at radius 3 is 2.24 bits per heavy atom. The summed E-state index contributed by atoms with van der Waals surface area (Å²) >= 11 is 3.53. The molecular weight excluding hydrogens is 644 g/mol. The molecule has 240 valence electrons. The van der Waals surface area contributed by atoms with Gasteiger partial charge in [0.2, 0.25) is 5.90 Å². The fourth-order valence-corrected chi connectivity index (χ4v) is 5.69. The Balaban J connectivity index is 1.51. The molecule has 0 saturated carbocycles. The van der Waals surface area contributed by atoms with E-state index in [1.54, 1.807) is 0 Å². The van der Waals surface area contributed by atoms with Gasteiger partial charge in [0.1, 0.15) is 5.75 Å². The number of hydrogen-bond donors (Lipinski definition) is 2. The number of carbonyl (C=O) groups is 1. The zero-order valence-corrected chi connectivity index (χ0v) is 27.9. The summed E-state index contributed by atoms with van der Waals surface area (Å²) < 4.78 is 19.1. The van der Waals surface area contributed by atoms with E-state index in [0.29, 0.717) is 50.7 Å². The van der Waals surface area contributed by atoms with Crippen LogP contribution in [0.15, 0.2) is 113 Å². The highest BCUT2D eigenvalue weighted by molar-refractivity contribution is 9.10. The van der Waals surface area contributed by atoms with Gasteiger partial charge in [-0.05, 0) is 78.9 Å². The number of aliphatic imine (C=N–C) groups is 1. The molecule has 8 heteroatoms. The normalized spacial score (nSPS) is 17.4. The molecule has 2 atom stereocenters. The van der Waals surface area contributed by atoms with Gasteiger partial charge in [-0.1, -0.05) is 82.7 Å². The number of nitrogens with one attached hydrogen (secondary N) is 1. The lowest BCUT2D eigenvalue weighted by atomic mass is 9.81. The number of halogens is 1. The summed E-state index contributed by atoms with van der Waals surface area (Å²) in [4.78, 5) is 19.5. The summed E-state index contributed by atoms with van der Waals surface area (Å²) in [6, 6.07) is 33.8. The van der Waals surface area contributed by atoms with Crippen molar-refractivity contribution in [1.29, 1.82) is 0 Å². The molecule has 4 aromatic rings. The Bertz CT molecular complexity index is 1570. The van der Waals surface area contributed by atoms with E-state index in [9.17, 15) is 4.79 Å². The molecule has 46 heavy (non-hydrogen) atoms. The Kier molecular flexibility index (Phi) is 11.6. The summed E-state index contributed by atoms with van der Waals surface area (Å²) in [6.07, 6.45) is 1.03. The molecule has 0 unspecified atom stereocenters. The SMILES string of the molecule is CC(C)OCCCNC(=O)[C@]1(Cc2ccc(Br)cc2)N=C(c2ccc(OCCCO)cc2)O[C@@H]1c1ccc(-c2ccccc2)cc1. The zero-order chi connectivity index (χ0) is 32.4. The van der Waals surface area contributed by atoms with Crippen LogP contribution in [0.4, 0.5) is 0 Å². The summed E-state index contributed by atoms with van der Waals surface area (Å²) in [6.45, 7) is 5.51. The minimum Gasteiger partial charge on any atom is -0.494 e. The lowest BCUT2D eigenvalue weighted by Gasteiger charge is -2.31. The highest BCUT2D eigenvalue weighted by atomic mass is 79.9. The van der Waals surface area contributed by atoms with Crippen LogP contribution in [0.2, 0.25) is 0 Å². The van der Waals surface area contributed by atoms with Crippen molar-refractivity contribution in [2.24, 2.45) is 4.99 Å². The minimum atomic E-state index is -1.27. The van der Waals surface area contributed by atoms with Crippen molar-refractivity contribution in [2.45, 2.75) is 50.9 Å². The number of aliphatic hydroxyl groups is 1. The summed E-state index contributed by atoms with van der Waals surface area (Å²) in [5, 5.41) is 12.2. The van der Waals surface area contributed by atoms with Gasteiger partial charge in [-0.25, -0.2) is 4.99 Å². The van der Waals surface area contributed by atoms with Crippen LogP contribution in [0, 0.1) is 0 Å². The van der Waals surface area contributed by atoms with Gasteiger partial charge in [0.25, 0.3) is 5.91 Å². The number of ether oxygens (including phenoxy) is 3. The predicted octanol–water partition coefficient (Wildman–Crippen LogP) is 7.31. The standard InChI is InChI=1S/C38H41BrN2O5/c1-27(2)44-24-6-22-40-37(43)38(26-28-10-18-33(39)19-11-28)35(31-14-12-30(13-15-31)29-8-4-3-5-9-29)46-36(41-38)32-16-20-34(21-17-32)45-25-7-23-42/h3-5,8-21,27,35,42H,6-7,22-26H2,1-2H3,(H,40,43)/t35-,38-/m1/s1. The van der Waals surface area contributed by atoms with Gasteiger partial charge >= 0.3 is 0 Å². The van der Waals surface area contributed by atoms with Crippen LogP contribution in [0.3, 0.4) is 0 Å². The first-order valence-corrected chi connectivity index (χ1v) is 16.6. The first kappa shape index (κ1) is 33.4. The fraction of sp³-hybridized carbons (Fsp3) is 0.316. The summed E-state index contributed by atoms with van der Waals surface area (Å²) in [5.41, 5.74) is 3.49.